The van der Waals surface area contributed by atoms with Crippen LogP contribution in [0.5, 0.6) is 0 Å². The molecule has 144 valence electrons. The number of aromatic nitrogens is 1. The lowest BCUT2D eigenvalue weighted by Crippen LogP contribution is -2.22. The van der Waals surface area contributed by atoms with Gasteiger partial charge in [0, 0.05) is 22.6 Å². The van der Waals surface area contributed by atoms with Crippen molar-refractivity contribution in [2.24, 2.45) is 4.99 Å². The van der Waals surface area contributed by atoms with Crippen molar-refractivity contribution in [3.05, 3.63) is 57.3 Å². The standard InChI is InChI=1S/C19H16BrN3O4S/c1-11(24)21-14-6-7-15-16(9-14)28-19(23(15)10-17(25)27-2)22-18(26)12-4-3-5-13(20)8-12/h3-9H,10H2,1-2H3,(H,21,24). The second-order valence-corrected chi connectivity index (χ2v) is 7.76. The van der Waals surface area contributed by atoms with Crippen molar-refractivity contribution in [2.75, 3.05) is 12.4 Å². The Kier molecular flexibility index (Phi) is 6.05. The molecule has 3 aromatic rings. The van der Waals surface area contributed by atoms with Crippen molar-refractivity contribution in [3.8, 4) is 0 Å². The van der Waals surface area contributed by atoms with E-state index in [0.717, 1.165) is 9.17 Å². The van der Waals surface area contributed by atoms with Crippen LogP contribution in [0.25, 0.3) is 10.2 Å². The zero-order valence-electron chi connectivity index (χ0n) is 15.1. The van der Waals surface area contributed by atoms with Crippen LogP contribution in [0.2, 0.25) is 0 Å². The summed E-state index contributed by atoms with van der Waals surface area (Å²) in [5, 5.41) is 2.71. The number of rotatable bonds is 4. The summed E-state index contributed by atoms with van der Waals surface area (Å²) in [6.07, 6.45) is 0. The number of carbonyl (C=O) groups excluding carboxylic acids is 3. The van der Waals surface area contributed by atoms with Crippen LogP contribution >= 0.6 is 27.3 Å². The molecule has 0 spiro atoms. The number of nitrogens with one attached hydrogen (secondary N) is 1. The maximum atomic E-state index is 12.6. The zero-order valence-corrected chi connectivity index (χ0v) is 17.5. The van der Waals surface area contributed by atoms with E-state index in [2.05, 4.69) is 26.2 Å². The van der Waals surface area contributed by atoms with E-state index in [1.807, 2.05) is 6.07 Å². The molecule has 0 radical (unpaired) electrons. The third-order valence-corrected chi connectivity index (χ3v) is 5.32. The predicted molar refractivity (Wildman–Crippen MR) is 110 cm³/mol. The Labute approximate surface area is 172 Å². The van der Waals surface area contributed by atoms with E-state index in [1.165, 1.54) is 25.4 Å². The number of anilines is 1. The number of methoxy groups -OCH3 is 1. The number of amides is 2. The van der Waals surface area contributed by atoms with Gasteiger partial charge in [-0.25, -0.2) is 0 Å². The van der Waals surface area contributed by atoms with Crippen molar-refractivity contribution in [2.45, 2.75) is 13.5 Å². The Balaban J connectivity index is 2.13. The van der Waals surface area contributed by atoms with Crippen LogP contribution < -0.4 is 10.1 Å². The number of fused-ring (bicyclic) bond motifs is 1. The Bertz CT molecular complexity index is 1150. The first-order valence-corrected chi connectivity index (χ1v) is 9.81. The van der Waals surface area contributed by atoms with Gasteiger partial charge in [-0.2, -0.15) is 4.99 Å². The molecule has 0 aliphatic heterocycles. The molecular formula is C19H16BrN3O4S. The number of benzene rings is 2. The molecule has 3 rings (SSSR count). The van der Waals surface area contributed by atoms with Crippen molar-refractivity contribution >= 4 is 61.0 Å². The van der Waals surface area contributed by atoms with Gasteiger partial charge in [0.05, 0.1) is 17.3 Å². The molecule has 1 N–H and O–H groups in total. The predicted octanol–water partition coefficient (Wildman–Crippen LogP) is 3.34. The van der Waals surface area contributed by atoms with Crippen LogP contribution in [0, 0.1) is 0 Å². The monoisotopic (exact) mass is 461 g/mol. The summed E-state index contributed by atoms with van der Waals surface area (Å²) in [4.78, 5) is 40.3. The summed E-state index contributed by atoms with van der Waals surface area (Å²) in [7, 11) is 1.30. The molecule has 2 amide bonds. The number of halogens is 1. The molecule has 1 aromatic heterocycles. The highest BCUT2D eigenvalue weighted by Gasteiger charge is 2.13. The number of esters is 1. The van der Waals surface area contributed by atoms with Gasteiger partial charge in [0.2, 0.25) is 5.91 Å². The minimum atomic E-state index is -0.456. The maximum absolute atomic E-state index is 12.6. The van der Waals surface area contributed by atoms with Gasteiger partial charge in [-0.1, -0.05) is 33.3 Å². The molecule has 0 fully saturated rings. The maximum Gasteiger partial charge on any atom is 0.325 e. The van der Waals surface area contributed by atoms with Gasteiger partial charge in [-0.3, -0.25) is 14.4 Å². The highest BCUT2D eigenvalue weighted by atomic mass is 79.9. The second kappa shape index (κ2) is 8.49. The topological polar surface area (TPSA) is 89.8 Å². The summed E-state index contributed by atoms with van der Waals surface area (Å²) in [5.74, 6) is -1.07. The van der Waals surface area contributed by atoms with E-state index in [1.54, 1.807) is 41.0 Å². The molecule has 9 heteroatoms. The van der Waals surface area contributed by atoms with Gasteiger partial charge in [-0.05, 0) is 36.4 Å². The zero-order chi connectivity index (χ0) is 20.3. The summed E-state index contributed by atoms with van der Waals surface area (Å²) in [5.41, 5.74) is 1.76. The lowest BCUT2D eigenvalue weighted by atomic mass is 10.2. The van der Waals surface area contributed by atoms with Crippen molar-refractivity contribution < 1.29 is 19.1 Å². The van der Waals surface area contributed by atoms with Crippen LogP contribution in [-0.2, 0) is 20.9 Å². The lowest BCUT2D eigenvalue weighted by Gasteiger charge is -2.05. The van der Waals surface area contributed by atoms with E-state index in [0.29, 0.717) is 21.6 Å². The summed E-state index contributed by atoms with van der Waals surface area (Å²) in [6.45, 7) is 1.34. The number of hydrogen-bond donors (Lipinski definition) is 1. The third-order valence-electron chi connectivity index (χ3n) is 3.79. The van der Waals surface area contributed by atoms with Crippen molar-refractivity contribution in [1.82, 2.24) is 4.57 Å². The Morgan fingerprint density at radius 1 is 1.21 bits per heavy atom. The van der Waals surface area contributed by atoms with E-state index in [9.17, 15) is 14.4 Å². The van der Waals surface area contributed by atoms with Gasteiger partial charge in [0.15, 0.2) is 4.80 Å². The Morgan fingerprint density at radius 3 is 2.68 bits per heavy atom. The molecule has 0 bridgehead atoms. The van der Waals surface area contributed by atoms with Crippen LogP contribution in [0.3, 0.4) is 0 Å². The van der Waals surface area contributed by atoms with Gasteiger partial charge in [0.1, 0.15) is 6.54 Å². The normalized spacial score (nSPS) is 11.5. The SMILES string of the molecule is COC(=O)Cn1c(=NC(=O)c2cccc(Br)c2)sc2cc(NC(C)=O)ccc21. The van der Waals surface area contributed by atoms with E-state index < -0.39 is 11.9 Å². The molecule has 28 heavy (non-hydrogen) atoms. The smallest absolute Gasteiger partial charge is 0.325 e. The van der Waals surface area contributed by atoms with Gasteiger partial charge in [-0.15, -0.1) is 0 Å². The molecule has 2 aromatic carbocycles. The minimum absolute atomic E-state index is 0.0828. The first-order valence-electron chi connectivity index (χ1n) is 8.20. The number of nitrogens with zero attached hydrogens (tertiary/aromatic N) is 2. The number of thiazole rings is 1. The van der Waals surface area contributed by atoms with Crippen molar-refractivity contribution in [3.63, 3.8) is 0 Å². The first kappa shape index (κ1) is 20.0. The van der Waals surface area contributed by atoms with Crippen LogP contribution in [-0.4, -0.2) is 29.5 Å². The van der Waals surface area contributed by atoms with Crippen LogP contribution in [0.15, 0.2) is 51.9 Å². The second-order valence-electron chi connectivity index (χ2n) is 5.84. The third kappa shape index (κ3) is 4.55. The van der Waals surface area contributed by atoms with E-state index in [-0.39, 0.29) is 12.5 Å². The fraction of sp³-hybridized carbons (Fsp3) is 0.158. The van der Waals surface area contributed by atoms with E-state index in [4.69, 9.17) is 4.74 Å². The molecule has 0 saturated carbocycles. The molecule has 0 atom stereocenters. The molecule has 0 aliphatic carbocycles. The Morgan fingerprint density at radius 2 is 2.00 bits per heavy atom. The van der Waals surface area contributed by atoms with Gasteiger partial charge < -0.3 is 14.6 Å². The van der Waals surface area contributed by atoms with Crippen LogP contribution in [0.4, 0.5) is 5.69 Å². The van der Waals surface area contributed by atoms with Gasteiger partial charge >= 0.3 is 5.97 Å². The van der Waals surface area contributed by atoms with E-state index >= 15 is 0 Å². The summed E-state index contributed by atoms with van der Waals surface area (Å²) in [6, 6.07) is 12.2. The fourth-order valence-corrected chi connectivity index (χ4v) is 4.03. The number of carbonyl (C=O) groups is 3. The molecular weight excluding hydrogens is 446 g/mol. The number of ether oxygens (including phenoxy) is 1. The lowest BCUT2D eigenvalue weighted by molar-refractivity contribution is -0.141. The molecule has 7 nitrogen and oxygen atoms in total. The highest BCUT2D eigenvalue weighted by molar-refractivity contribution is 9.10. The highest BCUT2D eigenvalue weighted by Crippen LogP contribution is 2.22. The molecule has 0 aliphatic rings. The summed E-state index contributed by atoms with van der Waals surface area (Å²) >= 11 is 4.59. The first-order chi connectivity index (χ1) is 13.4. The molecule has 0 saturated heterocycles. The molecule has 1 heterocycles. The average molecular weight is 462 g/mol. The minimum Gasteiger partial charge on any atom is -0.468 e. The van der Waals surface area contributed by atoms with Crippen LogP contribution in [0.1, 0.15) is 17.3 Å². The largest absolute Gasteiger partial charge is 0.468 e. The average Bonchev–Trinajstić information content (AvgIpc) is 2.97. The fourth-order valence-electron chi connectivity index (χ4n) is 2.56. The summed E-state index contributed by atoms with van der Waals surface area (Å²) < 4.78 is 7.93. The number of hydrogen-bond acceptors (Lipinski definition) is 5. The Hall–Kier alpha value is -2.78. The van der Waals surface area contributed by atoms with Gasteiger partial charge in [0.25, 0.3) is 5.91 Å². The quantitative estimate of drug-likeness (QED) is 0.603. The van der Waals surface area contributed by atoms with Crippen molar-refractivity contribution in [1.29, 1.82) is 0 Å². The molecule has 0 unspecified atom stereocenters.